The maximum atomic E-state index is 13.3. The Kier molecular flexibility index (Phi) is 6.06. The first-order chi connectivity index (χ1) is 14.6. The van der Waals surface area contributed by atoms with E-state index in [4.69, 9.17) is 4.74 Å². The van der Waals surface area contributed by atoms with E-state index in [1.807, 2.05) is 30.0 Å². The molecule has 2 aromatic rings. The van der Waals surface area contributed by atoms with Crippen molar-refractivity contribution in [3.05, 3.63) is 47.8 Å². The fraction of sp³-hybridized carbons (Fsp3) is 0.522. The minimum absolute atomic E-state index is 0.0470. The monoisotopic (exact) mass is 410 g/mol. The maximum absolute atomic E-state index is 13.3. The molecule has 2 aliphatic heterocycles. The van der Waals surface area contributed by atoms with Crippen LogP contribution in [-0.2, 0) is 11.2 Å². The van der Waals surface area contributed by atoms with Gasteiger partial charge >= 0.3 is 0 Å². The van der Waals surface area contributed by atoms with E-state index < -0.39 is 5.41 Å². The van der Waals surface area contributed by atoms with Crippen LogP contribution in [0, 0.1) is 5.41 Å². The van der Waals surface area contributed by atoms with Crippen LogP contribution in [0.5, 0.6) is 5.75 Å². The van der Waals surface area contributed by atoms with Crippen LogP contribution >= 0.6 is 0 Å². The molecule has 1 atom stereocenters. The molecule has 4 rings (SSSR count). The second kappa shape index (κ2) is 8.90. The molecule has 1 fully saturated rings. The fourth-order valence-corrected chi connectivity index (χ4v) is 4.54. The van der Waals surface area contributed by atoms with Gasteiger partial charge in [0, 0.05) is 19.3 Å². The van der Waals surface area contributed by atoms with Crippen molar-refractivity contribution in [2.75, 3.05) is 19.7 Å². The highest BCUT2D eigenvalue weighted by Gasteiger charge is 2.42. The summed E-state index contributed by atoms with van der Waals surface area (Å²) < 4.78 is 6.01. The van der Waals surface area contributed by atoms with Crippen LogP contribution in [0.1, 0.15) is 55.1 Å². The highest BCUT2D eigenvalue weighted by Crippen LogP contribution is 2.38. The highest BCUT2D eigenvalue weighted by molar-refractivity contribution is 5.92. The molecule has 0 saturated carbocycles. The Bertz CT molecular complexity index is 872. The molecule has 0 bridgehead atoms. The number of nitrogens with one attached hydrogen (secondary N) is 2. The second-order valence-electron chi connectivity index (χ2n) is 8.54. The number of carbonyl (C=O) groups is 2. The third-order valence-electron chi connectivity index (χ3n) is 6.41. The third-order valence-corrected chi connectivity index (χ3v) is 6.41. The number of rotatable bonds is 1. The topological polar surface area (TPSA) is 87.3 Å². The first-order valence-corrected chi connectivity index (χ1v) is 10.9. The van der Waals surface area contributed by atoms with E-state index in [0.29, 0.717) is 38.2 Å². The summed E-state index contributed by atoms with van der Waals surface area (Å²) in [4.78, 5) is 27.7. The Morgan fingerprint density at radius 3 is 2.73 bits per heavy atom. The van der Waals surface area contributed by atoms with Crippen molar-refractivity contribution < 1.29 is 14.3 Å². The number of hydrogen-bond acceptors (Lipinski definition) is 4. The Morgan fingerprint density at radius 2 is 1.97 bits per heavy atom. The summed E-state index contributed by atoms with van der Waals surface area (Å²) in [6.45, 7) is 3.60. The van der Waals surface area contributed by atoms with Crippen LogP contribution in [0.3, 0.4) is 0 Å². The van der Waals surface area contributed by atoms with Gasteiger partial charge in [0.15, 0.2) is 0 Å². The predicted molar refractivity (Wildman–Crippen MR) is 113 cm³/mol. The number of nitrogens with zero attached hydrogens (tertiary/aromatic N) is 2. The van der Waals surface area contributed by atoms with Crippen molar-refractivity contribution in [2.24, 2.45) is 5.41 Å². The number of ether oxygens (including phenoxy) is 1. The van der Waals surface area contributed by atoms with Gasteiger partial charge in [-0.3, -0.25) is 14.7 Å². The molecule has 30 heavy (non-hydrogen) atoms. The quantitative estimate of drug-likeness (QED) is 0.757. The summed E-state index contributed by atoms with van der Waals surface area (Å²) in [5, 5.41) is 9.79. The number of piperidine rings is 1. The molecule has 160 valence electrons. The summed E-state index contributed by atoms with van der Waals surface area (Å²) in [5.74, 6) is 0.967. The molecule has 7 nitrogen and oxygen atoms in total. The number of aromatic amines is 1. The van der Waals surface area contributed by atoms with Crippen molar-refractivity contribution in [1.29, 1.82) is 0 Å². The fourth-order valence-electron chi connectivity index (χ4n) is 4.54. The lowest BCUT2D eigenvalue weighted by Crippen LogP contribution is -2.52. The zero-order chi connectivity index (χ0) is 21.0. The molecule has 0 unspecified atom stereocenters. The number of benzene rings is 1. The Balaban J connectivity index is 1.45. The molecule has 7 heteroatoms. The van der Waals surface area contributed by atoms with Gasteiger partial charge in [0.2, 0.25) is 5.91 Å². The summed E-state index contributed by atoms with van der Waals surface area (Å²) in [5.41, 5.74) is 1.31. The van der Waals surface area contributed by atoms with Gasteiger partial charge in [-0.2, -0.15) is 5.10 Å². The number of carbonyl (C=O) groups excluding carboxylic acids is 2. The van der Waals surface area contributed by atoms with Crippen molar-refractivity contribution in [2.45, 2.75) is 51.5 Å². The van der Waals surface area contributed by atoms with Gasteiger partial charge in [-0.05, 0) is 56.7 Å². The molecule has 1 aromatic carbocycles. The van der Waals surface area contributed by atoms with Crippen LogP contribution in [0.15, 0.2) is 36.5 Å². The molecule has 0 radical (unpaired) electrons. The predicted octanol–water partition coefficient (Wildman–Crippen LogP) is 2.94. The Hall–Kier alpha value is -2.83. The number of para-hydroxylation sites is 1. The first-order valence-electron chi connectivity index (χ1n) is 10.9. The zero-order valence-corrected chi connectivity index (χ0v) is 17.5. The molecule has 1 aromatic heterocycles. The summed E-state index contributed by atoms with van der Waals surface area (Å²) in [7, 11) is 0. The van der Waals surface area contributed by atoms with E-state index in [1.165, 1.54) is 5.56 Å². The van der Waals surface area contributed by atoms with Crippen molar-refractivity contribution in [3.63, 3.8) is 0 Å². The second-order valence-corrected chi connectivity index (χ2v) is 8.54. The summed E-state index contributed by atoms with van der Waals surface area (Å²) in [6.07, 6.45) is 6.74. The smallest absolute Gasteiger partial charge is 0.271 e. The lowest BCUT2D eigenvalue weighted by atomic mass is 9.73. The molecule has 1 spiro atoms. The summed E-state index contributed by atoms with van der Waals surface area (Å²) >= 11 is 0. The maximum Gasteiger partial charge on any atom is 0.271 e. The van der Waals surface area contributed by atoms with E-state index in [1.54, 1.807) is 12.3 Å². The van der Waals surface area contributed by atoms with E-state index >= 15 is 0 Å². The SMILES string of the molecule is C[C@@H]1COc2ccccc2CCCCC2(CCN(C(=O)c3ccn[nH]3)CC2)C(=O)N1. The van der Waals surface area contributed by atoms with Gasteiger partial charge in [0.1, 0.15) is 18.1 Å². The molecule has 2 N–H and O–H groups in total. The van der Waals surface area contributed by atoms with Gasteiger partial charge in [-0.25, -0.2) is 0 Å². The largest absolute Gasteiger partial charge is 0.491 e. The van der Waals surface area contributed by atoms with Gasteiger partial charge in [0.05, 0.1) is 11.5 Å². The Morgan fingerprint density at radius 1 is 1.17 bits per heavy atom. The van der Waals surface area contributed by atoms with Gasteiger partial charge < -0.3 is 15.0 Å². The lowest BCUT2D eigenvalue weighted by molar-refractivity contribution is -0.135. The number of aromatic nitrogens is 2. The van der Waals surface area contributed by atoms with E-state index in [-0.39, 0.29) is 17.9 Å². The number of H-pyrrole nitrogens is 1. The van der Waals surface area contributed by atoms with Crippen LogP contribution in [0.4, 0.5) is 0 Å². The highest BCUT2D eigenvalue weighted by atomic mass is 16.5. The van der Waals surface area contributed by atoms with E-state index in [0.717, 1.165) is 31.4 Å². The average molecular weight is 411 g/mol. The molecular weight excluding hydrogens is 380 g/mol. The molecule has 1 saturated heterocycles. The summed E-state index contributed by atoms with van der Waals surface area (Å²) in [6, 6.07) is 9.78. The van der Waals surface area contributed by atoms with Crippen molar-refractivity contribution in [3.8, 4) is 5.75 Å². The van der Waals surface area contributed by atoms with Gasteiger partial charge in [-0.1, -0.05) is 24.6 Å². The minimum atomic E-state index is -0.419. The van der Waals surface area contributed by atoms with E-state index in [9.17, 15) is 9.59 Å². The van der Waals surface area contributed by atoms with E-state index in [2.05, 4.69) is 21.6 Å². The number of hydrogen-bond donors (Lipinski definition) is 2. The Labute approximate surface area is 177 Å². The normalized spacial score (nSPS) is 22.2. The van der Waals surface area contributed by atoms with Gasteiger partial charge in [-0.15, -0.1) is 0 Å². The van der Waals surface area contributed by atoms with Gasteiger partial charge in [0.25, 0.3) is 5.91 Å². The molecule has 0 aliphatic carbocycles. The number of amides is 2. The molecule has 2 aliphatic rings. The molecular formula is C23H30N4O3. The van der Waals surface area contributed by atoms with Crippen LogP contribution in [0.2, 0.25) is 0 Å². The average Bonchev–Trinajstić information content (AvgIpc) is 3.30. The number of fused-ring (bicyclic) bond motifs is 1. The van der Waals surface area contributed by atoms with Crippen molar-refractivity contribution in [1.82, 2.24) is 20.4 Å². The molecule has 2 amide bonds. The lowest BCUT2D eigenvalue weighted by Gasteiger charge is -2.41. The zero-order valence-electron chi connectivity index (χ0n) is 17.5. The van der Waals surface area contributed by atoms with Crippen LogP contribution in [-0.4, -0.2) is 52.6 Å². The number of aryl methyl sites for hydroxylation is 1. The standard InChI is InChI=1S/C23H30N4O3/c1-17-16-30-20-8-3-2-6-18(20)7-4-5-10-23(22(29)25-17)11-14-27(15-12-23)21(28)19-9-13-24-26-19/h2-3,6,8-9,13,17H,4-5,7,10-12,14-16H2,1H3,(H,24,26)(H,25,29)/t17-/m1/s1. The first kappa shape index (κ1) is 20.4. The van der Waals surface area contributed by atoms with Crippen LogP contribution in [0.25, 0.3) is 0 Å². The van der Waals surface area contributed by atoms with Crippen LogP contribution < -0.4 is 10.1 Å². The number of likely N-dealkylation sites (tertiary alicyclic amines) is 1. The van der Waals surface area contributed by atoms with Crippen molar-refractivity contribution >= 4 is 11.8 Å². The minimum Gasteiger partial charge on any atom is -0.491 e. The third kappa shape index (κ3) is 4.35. The molecule has 3 heterocycles.